The van der Waals surface area contributed by atoms with Crippen LogP contribution in [0.3, 0.4) is 0 Å². The Morgan fingerprint density at radius 2 is 2.15 bits per heavy atom. The van der Waals surface area contributed by atoms with Gasteiger partial charge in [-0.25, -0.2) is 4.99 Å². The van der Waals surface area contributed by atoms with Gasteiger partial charge in [0.2, 0.25) is 5.91 Å². The zero-order valence-electron chi connectivity index (χ0n) is 16.6. The number of guanidine groups is 1. The van der Waals surface area contributed by atoms with Gasteiger partial charge in [0.15, 0.2) is 5.96 Å². The molecular formula is C21H32N4OS. The van der Waals surface area contributed by atoms with Gasteiger partial charge >= 0.3 is 0 Å². The van der Waals surface area contributed by atoms with Crippen molar-refractivity contribution in [2.24, 2.45) is 4.99 Å². The van der Waals surface area contributed by atoms with Crippen LogP contribution in [0.5, 0.6) is 0 Å². The topological polar surface area (TPSA) is 47.9 Å². The Hall–Kier alpha value is -1.69. The lowest BCUT2D eigenvalue weighted by molar-refractivity contribution is -0.128. The van der Waals surface area contributed by atoms with Crippen molar-refractivity contribution in [1.82, 2.24) is 15.1 Å². The maximum Gasteiger partial charge on any atom is 0.222 e. The Labute approximate surface area is 167 Å². The van der Waals surface area contributed by atoms with Gasteiger partial charge in [-0.3, -0.25) is 4.79 Å². The molecular weight excluding hydrogens is 356 g/mol. The van der Waals surface area contributed by atoms with Gasteiger partial charge in [-0.2, -0.15) is 11.8 Å². The predicted molar refractivity (Wildman–Crippen MR) is 114 cm³/mol. The molecule has 2 fully saturated rings. The van der Waals surface area contributed by atoms with Gasteiger partial charge in [0, 0.05) is 50.1 Å². The average molecular weight is 389 g/mol. The van der Waals surface area contributed by atoms with E-state index in [0.29, 0.717) is 18.2 Å². The van der Waals surface area contributed by atoms with Crippen LogP contribution in [-0.2, 0) is 17.9 Å². The second-order valence-electron chi connectivity index (χ2n) is 7.26. The van der Waals surface area contributed by atoms with Crippen molar-refractivity contribution in [2.45, 2.75) is 51.4 Å². The smallest absolute Gasteiger partial charge is 0.222 e. The molecule has 0 aromatic heterocycles. The van der Waals surface area contributed by atoms with E-state index in [1.165, 1.54) is 23.3 Å². The van der Waals surface area contributed by atoms with E-state index < -0.39 is 0 Å². The Morgan fingerprint density at radius 1 is 1.30 bits per heavy atom. The van der Waals surface area contributed by atoms with Crippen LogP contribution in [0.1, 0.15) is 44.2 Å². The summed E-state index contributed by atoms with van der Waals surface area (Å²) in [6.07, 6.45) is 2.89. The molecule has 2 aliphatic heterocycles. The highest BCUT2D eigenvalue weighted by Gasteiger charge is 2.22. The van der Waals surface area contributed by atoms with E-state index in [-0.39, 0.29) is 5.91 Å². The lowest BCUT2D eigenvalue weighted by Crippen LogP contribution is -2.48. The molecule has 2 saturated heterocycles. The molecule has 148 valence electrons. The summed E-state index contributed by atoms with van der Waals surface area (Å²) in [6.45, 7) is 9.69. The highest BCUT2D eigenvalue weighted by atomic mass is 32.2. The van der Waals surface area contributed by atoms with Gasteiger partial charge in [-0.05, 0) is 30.9 Å². The highest BCUT2D eigenvalue weighted by Crippen LogP contribution is 2.21. The number of hydrogen-bond donors (Lipinski definition) is 1. The third-order valence-corrected chi connectivity index (χ3v) is 6.55. The number of hydrogen-bond acceptors (Lipinski definition) is 3. The number of benzene rings is 1. The molecule has 1 aromatic rings. The summed E-state index contributed by atoms with van der Waals surface area (Å²) >= 11 is 2.08. The summed E-state index contributed by atoms with van der Waals surface area (Å²) in [4.78, 5) is 21.1. The van der Waals surface area contributed by atoms with Crippen molar-refractivity contribution in [3.63, 3.8) is 0 Å². The van der Waals surface area contributed by atoms with Gasteiger partial charge < -0.3 is 15.1 Å². The molecule has 1 N–H and O–H groups in total. The molecule has 5 nitrogen and oxygen atoms in total. The maximum absolute atomic E-state index is 11.9. The van der Waals surface area contributed by atoms with Crippen molar-refractivity contribution in [1.29, 1.82) is 0 Å². The number of rotatable bonds is 6. The fourth-order valence-corrected chi connectivity index (χ4v) is 4.85. The molecule has 0 spiro atoms. The first-order valence-electron chi connectivity index (χ1n) is 10.2. The summed E-state index contributed by atoms with van der Waals surface area (Å²) < 4.78 is 0. The van der Waals surface area contributed by atoms with Crippen molar-refractivity contribution >= 4 is 23.6 Å². The molecule has 2 heterocycles. The first kappa shape index (κ1) is 20.1. The summed E-state index contributed by atoms with van der Waals surface area (Å²) in [6, 6.07) is 8.51. The third kappa shape index (κ3) is 5.64. The number of amides is 1. The number of nitrogens with zero attached hydrogens (tertiary/aromatic N) is 3. The number of nitrogens with one attached hydrogen (secondary N) is 1. The van der Waals surface area contributed by atoms with Crippen LogP contribution in [0, 0.1) is 0 Å². The van der Waals surface area contributed by atoms with E-state index in [9.17, 15) is 4.79 Å². The van der Waals surface area contributed by atoms with Crippen LogP contribution in [0.25, 0.3) is 0 Å². The molecule has 1 unspecified atom stereocenters. The summed E-state index contributed by atoms with van der Waals surface area (Å²) in [5.74, 6) is 2.47. The molecule has 6 heteroatoms. The van der Waals surface area contributed by atoms with Crippen molar-refractivity contribution in [3.05, 3.63) is 35.4 Å². The number of thioether (sulfide) groups is 1. The van der Waals surface area contributed by atoms with Gasteiger partial charge in [0.25, 0.3) is 0 Å². The summed E-state index contributed by atoms with van der Waals surface area (Å²) in [5.41, 5.74) is 2.40. The molecule has 0 aliphatic carbocycles. The third-order valence-electron chi connectivity index (χ3n) is 5.18. The molecule has 3 rings (SSSR count). The molecule has 1 atom stereocenters. The molecule has 1 amide bonds. The predicted octanol–water partition coefficient (Wildman–Crippen LogP) is 3.10. The first-order chi connectivity index (χ1) is 13.2. The normalized spacial score (nSPS) is 21.0. The molecule has 0 bridgehead atoms. The number of carbonyl (C=O) groups is 1. The molecule has 0 saturated carbocycles. The van der Waals surface area contributed by atoms with Crippen molar-refractivity contribution in [3.8, 4) is 0 Å². The highest BCUT2D eigenvalue weighted by molar-refractivity contribution is 8.00. The van der Waals surface area contributed by atoms with E-state index in [4.69, 9.17) is 4.99 Å². The minimum atomic E-state index is 0.279. The Kier molecular flexibility index (Phi) is 7.44. The fraction of sp³-hybridized carbons (Fsp3) is 0.619. The molecule has 1 aromatic carbocycles. The first-order valence-corrected chi connectivity index (χ1v) is 11.2. The number of carbonyl (C=O) groups excluding carboxylic acids is 1. The second kappa shape index (κ2) is 10.0. The minimum absolute atomic E-state index is 0.279. The van der Waals surface area contributed by atoms with E-state index in [2.05, 4.69) is 60.1 Å². The fourth-order valence-electron chi connectivity index (χ4n) is 3.67. The van der Waals surface area contributed by atoms with Crippen LogP contribution in [0.15, 0.2) is 29.3 Å². The van der Waals surface area contributed by atoms with Crippen LogP contribution in [-0.4, -0.2) is 58.8 Å². The summed E-state index contributed by atoms with van der Waals surface area (Å²) in [5, 5.41) is 4.16. The Bertz CT molecular complexity index is 663. The van der Waals surface area contributed by atoms with Gasteiger partial charge in [0.1, 0.15) is 0 Å². The van der Waals surface area contributed by atoms with E-state index in [1.807, 2.05) is 4.90 Å². The minimum Gasteiger partial charge on any atom is -0.357 e. The van der Waals surface area contributed by atoms with Crippen LogP contribution >= 0.6 is 11.8 Å². The second-order valence-corrected chi connectivity index (χ2v) is 8.66. The van der Waals surface area contributed by atoms with Crippen LogP contribution < -0.4 is 5.32 Å². The van der Waals surface area contributed by atoms with E-state index >= 15 is 0 Å². The number of aliphatic imine (C=N–C) groups is 1. The standard InChI is InChI=1S/C21H32N4OS/c1-3-19-16-25(11-12-27-19)21(22-4-2)23-14-17-7-5-8-18(13-17)15-24-10-6-9-20(24)26/h5,7-8,13,19H,3-4,6,9-12,14-16H2,1-2H3,(H,22,23). The Morgan fingerprint density at radius 3 is 2.89 bits per heavy atom. The lowest BCUT2D eigenvalue weighted by atomic mass is 10.1. The molecule has 0 radical (unpaired) electrons. The zero-order valence-corrected chi connectivity index (χ0v) is 17.4. The average Bonchev–Trinajstić information content (AvgIpc) is 3.10. The van der Waals surface area contributed by atoms with Gasteiger partial charge in [-0.1, -0.05) is 31.2 Å². The van der Waals surface area contributed by atoms with Gasteiger partial charge in [0.05, 0.1) is 6.54 Å². The van der Waals surface area contributed by atoms with Gasteiger partial charge in [-0.15, -0.1) is 0 Å². The SMILES string of the molecule is CCNC(=NCc1cccc(CN2CCCC2=O)c1)N1CCSC(CC)C1. The molecule has 27 heavy (non-hydrogen) atoms. The largest absolute Gasteiger partial charge is 0.357 e. The Balaban J connectivity index is 1.65. The molecule has 2 aliphatic rings. The number of likely N-dealkylation sites (tertiary alicyclic amines) is 1. The maximum atomic E-state index is 11.9. The summed E-state index contributed by atoms with van der Waals surface area (Å²) in [7, 11) is 0. The van der Waals surface area contributed by atoms with Crippen LogP contribution in [0.4, 0.5) is 0 Å². The van der Waals surface area contributed by atoms with Crippen molar-refractivity contribution in [2.75, 3.05) is 31.9 Å². The quantitative estimate of drug-likeness (QED) is 0.601. The van der Waals surface area contributed by atoms with E-state index in [0.717, 1.165) is 45.1 Å². The zero-order chi connectivity index (χ0) is 19.1. The lowest BCUT2D eigenvalue weighted by Gasteiger charge is -2.34. The monoisotopic (exact) mass is 388 g/mol. The van der Waals surface area contributed by atoms with Crippen molar-refractivity contribution < 1.29 is 4.79 Å². The van der Waals surface area contributed by atoms with Crippen LogP contribution in [0.2, 0.25) is 0 Å². The van der Waals surface area contributed by atoms with E-state index in [1.54, 1.807) is 0 Å².